The fourth-order valence-electron chi connectivity index (χ4n) is 3.86. The van der Waals surface area contributed by atoms with Gasteiger partial charge in [-0.25, -0.2) is 4.79 Å². The van der Waals surface area contributed by atoms with E-state index in [1.54, 1.807) is 0 Å². The van der Waals surface area contributed by atoms with Crippen molar-refractivity contribution < 1.29 is 19.4 Å². The second-order valence-corrected chi connectivity index (χ2v) is 6.92. The van der Waals surface area contributed by atoms with Crippen molar-refractivity contribution in [2.45, 2.75) is 31.7 Å². The molecule has 1 fully saturated rings. The van der Waals surface area contributed by atoms with Gasteiger partial charge in [-0.05, 0) is 24.1 Å². The Bertz CT molecular complexity index is 792. The maximum atomic E-state index is 11.4. The number of hydrogen-bond acceptors (Lipinski definition) is 3. The molecule has 1 saturated heterocycles. The van der Waals surface area contributed by atoms with Crippen LogP contribution < -0.4 is 4.74 Å². The molecule has 25 heavy (non-hydrogen) atoms. The maximum Gasteiger partial charge on any atom is 0.407 e. The van der Waals surface area contributed by atoms with Gasteiger partial charge >= 0.3 is 6.09 Å². The Morgan fingerprint density at radius 1 is 1.28 bits per heavy atom. The quantitative estimate of drug-likeness (QED) is 0.928. The van der Waals surface area contributed by atoms with Crippen LogP contribution in [0.4, 0.5) is 4.79 Å². The van der Waals surface area contributed by atoms with Gasteiger partial charge in [0.15, 0.2) is 0 Å². The van der Waals surface area contributed by atoms with Gasteiger partial charge in [-0.1, -0.05) is 42.5 Å². The van der Waals surface area contributed by atoms with Crippen LogP contribution in [-0.2, 0) is 18.0 Å². The molecule has 130 valence electrons. The number of rotatable bonds is 3. The van der Waals surface area contributed by atoms with Gasteiger partial charge in [-0.2, -0.15) is 0 Å². The van der Waals surface area contributed by atoms with Crippen LogP contribution in [0.3, 0.4) is 0 Å². The highest BCUT2D eigenvalue weighted by Gasteiger charge is 2.49. The minimum absolute atomic E-state index is 0.0348. The van der Waals surface area contributed by atoms with Crippen molar-refractivity contribution in [1.82, 2.24) is 4.90 Å². The number of carboxylic acid groups (broad SMARTS) is 1. The molecule has 0 spiro atoms. The summed E-state index contributed by atoms with van der Waals surface area (Å²) in [6.45, 7) is 3.81. The second-order valence-electron chi connectivity index (χ2n) is 6.92. The number of carbonyl (C=O) groups is 1. The summed E-state index contributed by atoms with van der Waals surface area (Å²) in [5.74, 6) is 0.852. The number of ether oxygens (including phenoxy) is 2. The van der Waals surface area contributed by atoms with Crippen LogP contribution >= 0.6 is 0 Å². The van der Waals surface area contributed by atoms with Crippen LogP contribution in [0, 0.1) is 0 Å². The summed E-state index contributed by atoms with van der Waals surface area (Å²) in [5.41, 5.74) is 2.82. The Labute approximate surface area is 146 Å². The first kappa shape index (κ1) is 16.0. The van der Waals surface area contributed by atoms with Gasteiger partial charge in [-0.3, -0.25) is 0 Å². The molecule has 2 heterocycles. The normalized spacial score (nSPS) is 24.5. The second kappa shape index (κ2) is 6.08. The average molecular weight is 339 g/mol. The van der Waals surface area contributed by atoms with Crippen molar-refractivity contribution in [2.24, 2.45) is 0 Å². The predicted octanol–water partition coefficient (Wildman–Crippen LogP) is 3.63. The Kier molecular flexibility index (Phi) is 3.88. The number of fused-ring (bicyclic) bond motifs is 3. The van der Waals surface area contributed by atoms with Crippen LogP contribution in [0.2, 0.25) is 0 Å². The van der Waals surface area contributed by atoms with Crippen molar-refractivity contribution in [3.8, 4) is 5.75 Å². The average Bonchev–Trinajstić information content (AvgIpc) is 2.99. The lowest BCUT2D eigenvalue weighted by molar-refractivity contribution is -0.0566. The zero-order valence-electron chi connectivity index (χ0n) is 14.1. The van der Waals surface area contributed by atoms with Gasteiger partial charge in [0.2, 0.25) is 0 Å². The predicted molar refractivity (Wildman–Crippen MR) is 92.7 cm³/mol. The van der Waals surface area contributed by atoms with E-state index in [9.17, 15) is 9.90 Å². The fraction of sp³-hybridized carbons (Fsp3) is 0.350. The molecule has 2 aromatic carbocycles. The largest absolute Gasteiger partial charge is 0.489 e. The number of nitrogens with zero attached hydrogens (tertiary/aromatic N) is 1. The monoisotopic (exact) mass is 339 g/mol. The molecule has 0 unspecified atom stereocenters. The molecule has 0 radical (unpaired) electrons. The van der Waals surface area contributed by atoms with Crippen molar-refractivity contribution >= 4 is 6.09 Å². The van der Waals surface area contributed by atoms with E-state index in [1.165, 1.54) is 4.90 Å². The van der Waals surface area contributed by atoms with Crippen LogP contribution in [0.25, 0.3) is 0 Å². The van der Waals surface area contributed by atoms with Gasteiger partial charge in [0.05, 0.1) is 18.8 Å². The lowest BCUT2D eigenvalue weighted by Crippen LogP contribution is -2.40. The number of benzene rings is 2. The standard InChI is InChI=1S/C20H21NO4/c1-20-13-21(19(22)23)10-17(20)15-8-5-9-18(16(15)12-25-20)24-11-14-6-3-2-4-7-14/h2-9,17H,10-13H2,1H3,(H,22,23)/t17-,20+/m1/s1. The van der Waals surface area contributed by atoms with E-state index >= 15 is 0 Å². The Hall–Kier alpha value is -2.53. The summed E-state index contributed by atoms with van der Waals surface area (Å²) in [7, 11) is 0. The molecule has 0 saturated carbocycles. The third kappa shape index (κ3) is 2.85. The highest BCUT2D eigenvalue weighted by molar-refractivity contribution is 5.66. The van der Waals surface area contributed by atoms with Crippen LogP contribution in [0.15, 0.2) is 48.5 Å². The van der Waals surface area contributed by atoms with E-state index in [4.69, 9.17) is 9.47 Å². The molecule has 1 amide bonds. The van der Waals surface area contributed by atoms with Crippen LogP contribution in [0.1, 0.15) is 29.5 Å². The zero-order chi connectivity index (χ0) is 17.4. The molecule has 1 N–H and O–H groups in total. The van der Waals surface area contributed by atoms with E-state index in [1.807, 2.05) is 49.4 Å². The van der Waals surface area contributed by atoms with E-state index < -0.39 is 11.7 Å². The molecular formula is C20H21NO4. The first-order valence-electron chi connectivity index (χ1n) is 8.47. The Morgan fingerprint density at radius 2 is 2.08 bits per heavy atom. The highest BCUT2D eigenvalue weighted by Crippen LogP contribution is 2.46. The number of likely N-dealkylation sites (tertiary alicyclic amines) is 1. The summed E-state index contributed by atoms with van der Waals surface area (Å²) >= 11 is 0. The topological polar surface area (TPSA) is 59.0 Å². The van der Waals surface area contributed by atoms with Crippen LogP contribution in [-0.4, -0.2) is 34.8 Å². The smallest absolute Gasteiger partial charge is 0.407 e. The van der Waals surface area contributed by atoms with Gasteiger partial charge in [-0.15, -0.1) is 0 Å². The van der Waals surface area contributed by atoms with Gasteiger partial charge in [0, 0.05) is 18.0 Å². The van der Waals surface area contributed by atoms with Crippen molar-refractivity contribution in [3.63, 3.8) is 0 Å². The minimum Gasteiger partial charge on any atom is -0.489 e. The molecule has 0 aromatic heterocycles. The lowest BCUT2D eigenvalue weighted by atomic mass is 9.81. The number of hydrogen-bond donors (Lipinski definition) is 1. The molecule has 0 aliphatic carbocycles. The Balaban J connectivity index is 1.60. The van der Waals surface area contributed by atoms with Crippen molar-refractivity contribution in [2.75, 3.05) is 13.1 Å². The molecular weight excluding hydrogens is 318 g/mol. The molecule has 2 aromatic rings. The number of amides is 1. The van der Waals surface area contributed by atoms with Gasteiger partial charge in [0.1, 0.15) is 12.4 Å². The van der Waals surface area contributed by atoms with E-state index in [2.05, 4.69) is 6.07 Å². The Morgan fingerprint density at radius 3 is 2.84 bits per heavy atom. The molecule has 5 nitrogen and oxygen atoms in total. The van der Waals surface area contributed by atoms with Crippen molar-refractivity contribution in [1.29, 1.82) is 0 Å². The fourth-order valence-corrected chi connectivity index (χ4v) is 3.86. The minimum atomic E-state index is -0.891. The summed E-state index contributed by atoms with van der Waals surface area (Å²) in [6, 6.07) is 16.0. The van der Waals surface area contributed by atoms with E-state index in [0.717, 1.165) is 22.4 Å². The zero-order valence-corrected chi connectivity index (χ0v) is 14.1. The molecule has 2 atom stereocenters. The molecule has 2 aliphatic heterocycles. The summed E-state index contributed by atoms with van der Waals surface area (Å²) in [5, 5.41) is 9.33. The van der Waals surface area contributed by atoms with E-state index in [-0.39, 0.29) is 5.92 Å². The summed E-state index contributed by atoms with van der Waals surface area (Å²) in [6.07, 6.45) is -0.891. The maximum absolute atomic E-state index is 11.4. The first-order valence-corrected chi connectivity index (χ1v) is 8.47. The SMILES string of the molecule is C[C@]12CN(C(=O)O)C[C@@H]1c1cccc(OCc3ccccc3)c1CO2. The molecule has 4 rings (SSSR count). The first-order chi connectivity index (χ1) is 12.1. The third-order valence-corrected chi connectivity index (χ3v) is 5.24. The lowest BCUT2D eigenvalue weighted by Gasteiger charge is -2.37. The molecule has 2 aliphatic rings. The summed E-state index contributed by atoms with van der Waals surface area (Å²) in [4.78, 5) is 12.8. The highest BCUT2D eigenvalue weighted by atomic mass is 16.5. The third-order valence-electron chi connectivity index (χ3n) is 5.24. The molecule has 0 bridgehead atoms. The van der Waals surface area contributed by atoms with E-state index in [0.29, 0.717) is 26.3 Å². The van der Waals surface area contributed by atoms with Gasteiger partial charge < -0.3 is 19.5 Å². The van der Waals surface area contributed by atoms with Gasteiger partial charge in [0.25, 0.3) is 0 Å². The molecule has 5 heteroatoms. The summed E-state index contributed by atoms with van der Waals surface area (Å²) < 4.78 is 12.1. The van der Waals surface area contributed by atoms with Crippen molar-refractivity contribution in [3.05, 3.63) is 65.2 Å². The van der Waals surface area contributed by atoms with Crippen LogP contribution in [0.5, 0.6) is 5.75 Å².